The second-order valence-corrected chi connectivity index (χ2v) is 4.13. The average molecular weight is 284 g/mol. The van der Waals surface area contributed by atoms with Gasteiger partial charge < -0.3 is 10.4 Å². The Hall–Kier alpha value is -2.14. The molecule has 0 heterocycles. The van der Waals surface area contributed by atoms with Gasteiger partial charge in [-0.2, -0.15) is 0 Å². The minimum absolute atomic E-state index is 0.165. The summed E-state index contributed by atoms with van der Waals surface area (Å²) in [5.41, 5.74) is -0.456. The van der Waals surface area contributed by atoms with Gasteiger partial charge in [-0.15, -0.1) is 0 Å². The summed E-state index contributed by atoms with van der Waals surface area (Å²) in [4.78, 5) is 11.8. The zero-order valence-corrected chi connectivity index (χ0v) is 10.2. The Bertz CT molecular complexity index is 647. The van der Waals surface area contributed by atoms with Crippen molar-refractivity contribution in [2.24, 2.45) is 0 Å². The van der Waals surface area contributed by atoms with E-state index in [0.29, 0.717) is 0 Å². The Morgan fingerprint density at radius 1 is 1.21 bits per heavy atom. The fraction of sp³-hybridized carbons (Fsp3) is 0. The van der Waals surface area contributed by atoms with Crippen LogP contribution in [0.3, 0.4) is 0 Å². The van der Waals surface area contributed by atoms with E-state index in [2.05, 4.69) is 5.32 Å². The molecule has 3 nitrogen and oxygen atoms in total. The van der Waals surface area contributed by atoms with E-state index in [1.807, 2.05) is 0 Å². The second kappa shape index (κ2) is 5.24. The summed E-state index contributed by atoms with van der Waals surface area (Å²) in [6.07, 6.45) is 0. The number of phenols is 1. The molecule has 0 saturated heterocycles. The van der Waals surface area contributed by atoms with Crippen LogP contribution >= 0.6 is 11.6 Å². The molecule has 2 rings (SSSR count). The number of nitrogens with one attached hydrogen (secondary N) is 1. The van der Waals surface area contributed by atoms with Crippen molar-refractivity contribution in [2.75, 3.05) is 5.32 Å². The van der Waals surface area contributed by atoms with Crippen LogP contribution in [0.2, 0.25) is 5.02 Å². The Kier molecular flexibility index (Phi) is 3.66. The number of aromatic hydroxyl groups is 1. The topological polar surface area (TPSA) is 49.3 Å². The van der Waals surface area contributed by atoms with Crippen molar-refractivity contribution < 1.29 is 18.7 Å². The molecule has 0 fully saturated rings. The van der Waals surface area contributed by atoms with Crippen LogP contribution in [0.25, 0.3) is 0 Å². The van der Waals surface area contributed by atoms with Crippen molar-refractivity contribution in [3.8, 4) is 5.75 Å². The van der Waals surface area contributed by atoms with Gasteiger partial charge in [-0.1, -0.05) is 17.7 Å². The fourth-order valence-corrected chi connectivity index (χ4v) is 1.65. The van der Waals surface area contributed by atoms with E-state index in [1.54, 1.807) is 0 Å². The summed E-state index contributed by atoms with van der Waals surface area (Å²) in [6, 6.07) is 7.15. The summed E-state index contributed by atoms with van der Waals surface area (Å²) in [7, 11) is 0. The van der Waals surface area contributed by atoms with Crippen LogP contribution in [0.5, 0.6) is 5.75 Å². The molecule has 0 aliphatic rings. The lowest BCUT2D eigenvalue weighted by atomic mass is 10.2. The molecule has 0 aliphatic carbocycles. The van der Waals surface area contributed by atoms with E-state index in [-0.39, 0.29) is 22.0 Å². The van der Waals surface area contributed by atoms with E-state index in [0.717, 1.165) is 6.07 Å². The Morgan fingerprint density at radius 3 is 2.63 bits per heavy atom. The molecule has 0 spiro atoms. The first-order valence-corrected chi connectivity index (χ1v) is 5.60. The molecular formula is C13H8ClF2NO2. The predicted octanol–water partition coefficient (Wildman–Crippen LogP) is 3.58. The zero-order chi connectivity index (χ0) is 14.0. The molecule has 0 saturated carbocycles. The standard InChI is InChI=1S/C13H8ClF2NO2/c14-9-3-1-2-8(12(9)16)13(19)17-11-5-4-7(18)6-10(11)15/h1-6,18H,(H,17,19). The largest absolute Gasteiger partial charge is 0.508 e. The molecule has 0 bridgehead atoms. The van der Waals surface area contributed by atoms with Gasteiger partial charge in [0, 0.05) is 6.07 Å². The van der Waals surface area contributed by atoms with Crippen molar-refractivity contribution in [3.05, 3.63) is 58.6 Å². The lowest BCUT2D eigenvalue weighted by Crippen LogP contribution is -2.14. The van der Waals surface area contributed by atoms with Crippen LogP contribution in [0, 0.1) is 11.6 Å². The molecular weight excluding hydrogens is 276 g/mol. The maximum atomic E-state index is 13.6. The first-order valence-electron chi connectivity index (χ1n) is 5.23. The van der Waals surface area contributed by atoms with E-state index in [1.165, 1.54) is 30.3 Å². The van der Waals surface area contributed by atoms with Crippen LogP contribution in [0.15, 0.2) is 36.4 Å². The maximum Gasteiger partial charge on any atom is 0.258 e. The smallest absolute Gasteiger partial charge is 0.258 e. The van der Waals surface area contributed by atoms with E-state index >= 15 is 0 Å². The molecule has 0 unspecified atom stereocenters. The Morgan fingerprint density at radius 2 is 1.95 bits per heavy atom. The van der Waals surface area contributed by atoms with Gasteiger partial charge in [0.05, 0.1) is 16.3 Å². The molecule has 0 aliphatic heterocycles. The first kappa shape index (κ1) is 13.3. The van der Waals surface area contributed by atoms with Gasteiger partial charge in [-0.05, 0) is 24.3 Å². The van der Waals surface area contributed by atoms with Crippen molar-refractivity contribution >= 4 is 23.2 Å². The highest BCUT2D eigenvalue weighted by atomic mass is 35.5. The summed E-state index contributed by atoms with van der Waals surface area (Å²) in [6.45, 7) is 0. The molecule has 0 aromatic heterocycles. The van der Waals surface area contributed by atoms with Crippen LogP contribution in [0.1, 0.15) is 10.4 Å². The van der Waals surface area contributed by atoms with Crippen LogP contribution in [-0.2, 0) is 0 Å². The molecule has 0 atom stereocenters. The quantitative estimate of drug-likeness (QED) is 0.828. The Balaban J connectivity index is 2.28. The molecule has 98 valence electrons. The van der Waals surface area contributed by atoms with E-state index in [9.17, 15) is 13.6 Å². The molecule has 2 N–H and O–H groups in total. The van der Waals surface area contributed by atoms with Gasteiger partial charge in [0.15, 0.2) is 5.82 Å². The molecule has 19 heavy (non-hydrogen) atoms. The van der Waals surface area contributed by atoms with E-state index < -0.39 is 17.5 Å². The van der Waals surface area contributed by atoms with Crippen molar-refractivity contribution in [2.45, 2.75) is 0 Å². The molecule has 2 aromatic carbocycles. The van der Waals surface area contributed by atoms with Gasteiger partial charge in [-0.3, -0.25) is 4.79 Å². The molecule has 1 amide bonds. The average Bonchev–Trinajstić information content (AvgIpc) is 2.36. The van der Waals surface area contributed by atoms with Gasteiger partial charge in [0.25, 0.3) is 5.91 Å². The predicted molar refractivity (Wildman–Crippen MR) is 67.4 cm³/mol. The van der Waals surface area contributed by atoms with Gasteiger partial charge in [-0.25, -0.2) is 8.78 Å². The summed E-state index contributed by atoms with van der Waals surface area (Å²) >= 11 is 5.55. The lowest BCUT2D eigenvalue weighted by molar-refractivity contribution is 0.102. The third-order valence-electron chi connectivity index (χ3n) is 2.40. The zero-order valence-electron chi connectivity index (χ0n) is 9.45. The number of hydrogen-bond acceptors (Lipinski definition) is 2. The molecule has 0 radical (unpaired) electrons. The summed E-state index contributed by atoms with van der Waals surface area (Å²) in [5, 5.41) is 11.0. The van der Waals surface area contributed by atoms with Crippen molar-refractivity contribution in [3.63, 3.8) is 0 Å². The lowest BCUT2D eigenvalue weighted by Gasteiger charge is -2.08. The number of benzene rings is 2. The normalized spacial score (nSPS) is 10.3. The van der Waals surface area contributed by atoms with E-state index in [4.69, 9.17) is 16.7 Å². The Labute approximate surface area is 112 Å². The molecule has 2 aromatic rings. The molecule has 6 heteroatoms. The minimum atomic E-state index is -0.874. The maximum absolute atomic E-state index is 13.6. The first-order chi connectivity index (χ1) is 8.99. The highest BCUT2D eigenvalue weighted by Gasteiger charge is 2.15. The number of amides is 1. The number of carbonyl (C=O) groups is 1. The van der Waals surface area contributed by atoms with Gasteiger partial charge >= 0.3 is 0 Å². The number of phenolic OH excluding ortho intramolecular Hbond substituents is 1. The number of anilines is 1. The van der Waals surface area contributed by atoms with Gasteiger partial charge in [0.1, 0.15) is 11.6 Å². The van der Waals surface area contributed by atoms with Crippen LogP contribution in [-0.4, -0.2) is 11.0 Å². The second-order valence-electron chi connectivity index (χ2n) is 3.72. The highest BCUT2D eigenvalue weighted by molar-refractivity contribution is 6.31. The number of halogens is 3. The number of hydrogen-bond donors (Lipinski definition) is 2. The summed E-state index contributed by atoms with van der Waals surface area (Å²) < 4.78 is 27.0. The fourth-order valence-electron chi connectivity index (χ4n) is 1.47. The third-order valence-corrected chi connectivity index (χ3v) is 2.69. The highest BCUT2D eigenvalue weighted by Crippen LogP contribution is 2.22. The monoisotopic (exact) mass is 283 g/mol. The van der Waals surface area contributed by atoms with Crippen molar-refractivity contribution in [1.82, 2.24) is 0 Å². The third kappa shape index (κ3) is 2.82. The summed E-state index contributed by atoms with van der Waals surface area (Å²) in [5.74, 6) is -2.80. The number of carbonyl (C=O) groups excluding carboxylic acids is 1. The van der Waals surface area contributed by atoms with Gasteiger partial charge in [0.2, 0.25) is 0 Å². The SMILES string of the molecule is O=C(Nc1ccc(O)cc1F)c1cccc(Cl)c1F. The van der Waals surface area contributed by atoms with Crippen LogP contribution < -0.4 is 5.32 Å². The number of rotatable bonds is 2. The van der Waals surface area contributed by atoms with Crippen molar-refractivity contribution in [1.29, 1.82) is 0 Å². The van der Waals surface area contributed by atoms with Crippen LogP contribution in [0.4, 0.5) is 14.5 Å². The minimum Gasteiger partial charge on any atom is -0.508 e.